The smallest absolute Gasteiger partial charge is 0.133 e. The number of anilines is 1. The second-order valence-electron chi connectivity index (χ2n) is 5.98. The molecule has 0 aliphatic heterocycles. The van der Waals surface area contributed by atoms with Gasteiger partial charge >= 0.3 is 0 Å². The van der Waals surface area contributed by atoms with Gasteiger partial charge in [-0.1, -0.05) is 13.8 Å². The first-order valence-electron chi connectivity index (χ1n) is 7.91. The van der Waals surface area contributed by atoms with Crippen LogP contribution in [0.3, 0.4) is 0 Å². The molecule has 0 bridgehead atoms. The zero-order valence-electron chi connectivity index (χ0n) is 14.5. The third kappa shape index (κ3) is 5.64. The van der Waals surface area contributed by atoms with Crippen LogP contribution in [0.4, 0.5) is 5.82 Å². The van der Waals surface area contributed by atoms with Crippen LogP contribution >= 0.6 is 0 Å². The van der Waals surface area contributed by atoms with Crippen LogP contribution in [0.2, 0.25) is 0 Å². The van der Waals surface area contributed by atoms with Gasteiger partial charge in [0, 0.05) is 38.0 Å². The predicted molar refractivity (Wildman–Crippen MR) is 90.0 cm³/mol. The van der Waals surface area contributed by atoms with E-state index in [0.29, 0.717) is 5.92 Å². The van der Waals surface area contributed by atoms with Crippen molar-refractivity contribution in [2.75, 3.05) is 38.3 Å². The van der Waals surface area contributed by atoms with Crippen molar-refractivity contribution in [1.29, 1.82) is 0 Å². The van der Waals surface area contributed by atoms with Crippen LogP contribution < -0.4 is 10.2 Å². The molecule has 21 heavy (non-hydrogen) atoms. The molecule has 120 valence electrons. The average molecular weight is 293 g/mol. The SMILES string of the molecule is CCN(CCOC)c1nc(C)cc(C)c1CNCC(C)C. The Bertz CT molecular complexity index is 432. The zero-order valence-corrected chi connectivity index (χ0v) is 14.5. The Morgan fingerprint density at radius 2 is 2.05 bits per heavy atom. The minimum Gasteiger partial charge on any atom is -0.383 e. The van der Waals surface area contributed by atoms with Gasteiger partial charge < -0.3 is 15.0 Å². The van der Waals surface area contributed by atoms with Crippen molar-refractivity contribution in [3.63, 3.8) is 0 Å². The summed E-state index contributed by atoms with van der Waals surface area (Å²) in [6.07, 6.45) is 0. The second kappa shape index (κ2) is 9.00. The van der Waals surface area contributed by atoms with E-state index in [9.17, 15) is 0 Å². The first-order chi connectivity index (χ1) is 9.99. The topological polar surface area (TPSA) is 37.4 Å². The molecule has 0 aliphatic rings. The van der Waals surface area contributed by atoms with E-state index in [2.05, 4.69) is 50.9 Å². The summed E-state index contributed by atoms with van der Waals surface area (Å²) in [6, 6.07) is 2.17. The largest absolute Gasteiger partial charge is 0.383 e. The van der Waals surface area contributed by atoms with Gasteiger partial charge in [0.05, 0.1) is 6.61 Å². The van der Waals surface area contributed by atoms with Gasteiger partial charge in [0.15, 0.2) is 0 Å². The molecule has 0 saturated heterocycles. The highest BCUT2D eigenvalue weighted by molar-refractivity contribution is 5.51. The van der Waals surface area contributed by atoms with E-state index in [1.54, 1.807) is 7.11 Å². The van der Waals surface area contributed by atoms with Crippen molar-refractivity contribution in [3.8, 4) is 0 Å². The summed E-state index contributed by atoms with van der Waals surface area (Å²) in [5.74, 6) is 1.76. The van der Waals surface area contributed by atoms with Crippen LogP contribution in [-0.2, 0) is 11.3 Å². The summed E-state index contributed by atoms with van der Waals surface area (Å²) < 4.78 is 5.22. The van der Waals surface area contributed by atoms with Crippen LogP contribution in [0.1, 0.15) is 37.6 Å². The van der Waals surface area contributed by atoms with E-state index in [1.165, 1.54) is 11.1 Å². The van der Waals surface area contributed by atoms with Gasteiger partial charge in [-0.3, -0.25) is 0 Å². The standard InChI is InChI=1S/C17H31N3O/c1-7-20(8-9-21-6)17-16(12-18-11-13(2)3)14(4)10-15(5)19-17/h10,13,18H,7-9,11-12H2,1-6H3. The number of ether oxygens (including phenoxy) is 1. The molecule has 0 amide bonds. The average Bonchev–Trinajstić information content (AvgIpc) is 2.41. The van der Waals surface area contributed by atoms with Gasteiger partial charge in [-0.25, -0.2) is 4.98 Å². The molecule has 1 heterocycles. The molecule has 0 aromatic carbocycles. The van der Waals surface area contributed by atoms with Crippen LogP contribution in [0.15, 0.2) is 6.07 Å². The molecule has 0 unspecified atom stereocenters. The first-order valence-corrected chi connectivity index (χ1v) is 7.91. The Morgan fingerprint density at radius 3 is 2.62 bits per heavy atom. The van der Waals surface area contributed by atoms with Gasteiger partial charge in [0.1, 0.15) is 5.82 Å². The molecule has 0 saturated carbocycles. The van der Waals surface area contributed by atoms with Crippen molar-refractivity contribution in [1.82, 2.24) is 10.3 Å². The fourth-order valence-electron chi connectivity index (χ4n) is 2.42. The molecular weight excluding hydrogens is 262 g/mol. The van der Waals surface area contributed by atoms with Crippen molar-refractivity contribution >= 4 is 5.82 Å². The third-order valence-electron chi connectivity index (χ3n) is 3.55. The maximum absolute atomic E-state index is 5.22. The summed E-state index contributed by atoms with van der Waals surface area (Å²) in [5, 5.41) is 3.54. The normalized spacial score (nSPS) is 11.2. The summed E-state index contributed by atoms with van der Waals surface area (Å²) in [7, 11) is 1.74. The van der Waals surface area contributed by atoms with Crippen molar-refractivity contribution < 1.29 is 4.74 Å². The highest BCUT2D eigenvalue weighted by atomic mass is 16.5. The molecular formula is C17H31N3O. The Balaban J connectivity index is 2.97. The number of pyridine rings is 1. The first kappa shape index (κ1) is 17.9. The van der Waals surface area contributed by atoms with E-state index >= 15 is 0 Å². The minimum atomic E-state index is 0.655. The van der Waals surface area contributed by atoms with Gasteiger partial charge in [-0.05, 0) is 44.9 Å². The summed E-state index contributed by atoms with van der Waals surface area (Å²) in [5.41, 5.74) is 3.69. The lowest BCUT2D eigenvalue weighted by atomic mass is 10.1. The van der Waals surface area contributed by atoms with E-state index in [4.69, 9.17) is 9.72 Å². The Kier molecular flexibility index (Phi) is 7.68. The van der Waals surface area contributed by atoms with Gasteiger partial charge in [-0.15, -0.1) is 0 Å². The van der Waals surface area contributed by atoms with Gasteiger partial charge in [0.25, 0.3) is 0 Å². The molecule has 0 atom stereocenters. The maximum Gasteiger partial charge on any atom is 0.133 e. The number of hydrogen-bond donors (Lipinski definition) is 1. The molecule has 4 nitrogen and oxygen atoms in total. The van der Waals surface area contributed by atoms with Crippen molar-refractivity contribution in [3.05, 3.63) is 22.9 Å². The Morgan fingerprint density at radius 1 is 1.33 bits per heavy atom. The van der Waals surface area contributed by atoms with E-state index < -0.39 is 0 Å². The highest BCUT2D eigenvalue weighted by Gasteiger charge is 2.14. The number of nitrogens with one attached hydrogen (secondary N) is 1. The van der Waals surface area contributed by atoms with Gasteiger partial charge in [0.2, 0.25) is 0 Å². The molecule has 0 aliphatic carbocycles. The molecule has 0 radical (unpaired) electrons. The second-order valence-corrected chi connectivity index (χ2v) is 5.98. The van der Waals surface area contributed by atoms with Crippen LogP contribution in [-0.4, -0.2) is 38.3 Å². The minimum absolute atomic E-state index is 0.655. The fraction of sp³-hybridized carbons (Fsp3) is 0.706. The quantitative estimate of drug-likeness (QED) is 0.759. The van der Waals surface area contributed by atoms with Crippen molar-refractivity contribution in [2.45, 2.75) is 41.2 Å². The predicted octanol–water partition coefficient (Wildman–Crippen LogP) is 2.92. The highest BCUT2D eigenvalue weighted by Crippen LogP contribution is 2.22. The lowest BCUT2D eigenvalue weighted by Gasteiger charge is -2.26. The number of aryl methyl sites for hydroxylation is 2. The van der Waals surface area contributed by atoms with Gasteiger partial charge in [-0.2, -0.15) is 0 Å². The summed E-state index contributed by atoms with van der Waals surface area (Å²) in [4.78, 5) is 7.09. The molecule has 4 heteroatoms. The lowest BCUT2D eigenvalue weighted by molar-refractivity contribution is 0.205. The monoisotopic (exact) mass is 293 g/mol. The van der Waals surface area contributed by atoms with E-state index in [1.807, 2.05) is 0 Å². The molecule has 1 aromatic rings. The molecule has 1 N–H and O–H groups in total. The lowest BCUT2D eigenvalue weighted by Crippen LogP contribution is -2.30. The van der Waals surface area contributed by atoms with Crippen molar-refractivity contribution in [2.24, 2.45) is 5.92 Å². The number of likely N-dealkylation sites (N-methyl/N-ethyl adjacent to an activating group) is 1. The Labute approximate surface area is 129 Å². The third-order valence-corrected chi connectivity index (χ3v) is 3.55. The van der Waals surface area contributed by atoms with Crippen LogP contribution in [0.5, 0.6) is 0 Å². The molecule has 0 spiro atoms. The number of aromatic nitrogens is 1. The number of rotatable bonds is 9. The van der Waals surface area contributed by atoms with Crippen LogP contribution in [0, 0.1) is 19.8 Å². The number of nitrogens with zero attached hydrogens (tertiary/aromatic N) is 2. The maximum atomic E-state index is 5.22. The summed E-state index contributed by atoms with van der Waals surface area (Å²) in [6.45, 7) is 15.3. The van der Waals surface area contributed by atoms with E-state index in [-0.39, 0.29) is 0 Å². The fourth-order valence-corrected chi connectivity index (χ4v) is 2.42. The zero-order chi connectivity index (χ0) is 15.8. The Hall–Kier alpha value is -1.13. The molecule has 1 rings (SSSR count). The number of methoxy groups -OCH3 is 1. The van der Waals surface area contributed by atoms with E-state index in [0.717, 1.165) is 44.3 Å². The molecule has 0 fully saturated rings. The molecule has 1 aromatic heterocycles. The summed E-state index contributed by atoms with van der Waals surface area (Å²) >= 11 is 0. The van der Waals surface area contributed by atoms with Crippen LogP contribution in [0.25, 0.3) is 0 Å². The number of hydrogen-bond acceptors (Lipinski definition) is 4.